The van der Waals surface area contributed by atoms with Crippen LogP contribution in [-0.2, 0) is 16.6 Å². The molecule has 0 bridgehead atoms. The SMILES string of the molecule is Cc1cc(N2CCCCC2=O)ccc1-c1ccc(C(=O)N2CCc3cc4c(cc32)C2(CCN(C)CC2)CO4)cc1. The molecule has 2 saturated heterocycles. The number of benzene rings is 3. The van der Waals surface area contributed by atoms with Gasteiger partial charge in [-0.15, -0.1) is 0 Å². The lowest BCUT2D eigenvalue weighted by Gasteiger charge is -2.37. The van der Waals surface area contributed by atoms with Gasteiger partial charge >= 0.3 is 0 Å². The van der Waals surface area contributed by atoms with E-state index >= 15 is 0 Å². The smallest absolute Gasteiger partial charge is 0.258 e. The highest BCUT2D eigenvalue weighted by molar-refractivity contribution is 6.07. The van der Waals surface area contributed by atoms with Crippen LogP contribution in [0.3, 0.4) is 0 Å². The number of hydrogen-bond donors (Lipinski definition) is 0. The van der Waals surface area contributed by atoms with Crippen LogP contribution in [0.15, 0.2) is 54.6 Å². The van der Waals surface area contributed by atoms with Gasteiger partial charge in [0, 0.05) is 47.4 Å². The molecule has 0 aromatic heterocycles. The highest BCUT2D eigenvalue weighted by Crippen LogP contribution is 2.49. The van der Waals surface area contributed by atoms with Gasteiger partial charge in [-0.1, -0.05) is 18.2 Å². The number of amides is 2. The molecule has 40 heavy (non-hydrogen) atoms. The molecule has 4 heterocycles. The van der Waals surface area contributed by atoms with Crippen molar-refractivity contribution in [2.24, 2.45) is 0 Å². The minimum Gasteiger partial charge on any atom is -0.492 e. The lowest BCUT2D eigenvalue weighted by Crippen LogP contribution is -2.42. The third-order valence-electron chi connectivity index (χ3n) is 9.63. The highest BCUT2D eigenvalue weighted by Gasteiger charge is 2.44. The summed E-state index contributed by atoms with van der Waals surface area (Å²) in [4.78, 5) is 32.4. The van der Waals surface area contributed by atoms with E-state index in [1.165, 1.54) is 11.1 Å². The number of nitrogens with zero attached hydrogens (tertiary/aromatic N) is 3. The van der Waals surface area contributed by atoms with Gasteiger partial charge in [-0.25, -0.2) is 0 Å². The summed E-state index contributed by atoms with van der Waals surface area (Å²) < 4.78 is 6.20. The van der Waals surface area contributed by atoms with Crippen LogP contribution in [0, 0.1) is 6.92 Å². The first-order chi connectivity index (χ1) is 19.4. The summed E-state index contributed by atoms with van der Waals surface area (Å²) in [5.74, 6) is 1.29. The maximum Gasteiger partial charge on any atom is 0.258 e. The van der Waals surface area contributed by atoms with Crippen molar-refractivity contribution in [2.45, 2.75) is 50.9 Å². The molecule has 206 valence electrons. The van der Waals surface area contributed by atoms with E-state index in [0.717, 1.165) is 92.2 Å². The van der Waals surface area contributed by atoms with Crippen molar-refractivity contribution in [3.8, 4) is 16.9 Å². The number of rotatable bonds is 3. The second kappa shape index (κ2) is 9.77. The van der Waals surface area contributed by atoms with E-state index in [9.17, 15) is 9.59 Å². The summed E-state index contributed by atoms with van der Waals surface area (Å²) in [6.07, 6.45) is 5.72. The summed E-state index contributed by atoms with van der Waals surface area (Å²) in [5.41, 5.74) is 8.63. The van der Waals surface area contributed by atoms with Crippen molar-refractivity contribution in [1.29, 1.82) is 0 Å². The Balaban J connectivity index is 1.12. The van der Waals surface area contributed by atoms with Gasteiger partial charge in [-0.05, 0) is 118 Å². The van der Waals surface area contributed by atoms with E-state index in [2.05, 4.69) is 43.1 Å². The van der Waals surface area contributed by atoms with Crippen molar-refractivity contribution in [1.82, 2.24) is 4.90 Å². The van der Waals surface area contributed by atoms with E-state index < -0.39 is 0 Å². The Morgan fingerprint density at radius 3 is 2.45 bits per heavy atom. The molecule has 0 radical (unpaired) electrons. The van der Waals surface area contributed by atoms with Crippen LogP contribution >= 0.6 is 0 Å². The van der Waals surface area contributed by atoms with Crippen LogP contribution in [0.1, 0.15) is 59.2 Å². The average molecular weight is 536 g/mol. The lowest BCUT2D eigenvalue weighted by molar-refractivity contribution is -0.119. The maximum atomic E-state index is 13.7. The van der Waals surface area contributed by atoms with E-state index in [0.29, 0.717) is 18.5 Å². The minimum atomic E-state index is 0.0530. The number of ether oxygens (including phenoxy) is 1. The van der Waals surface area contributed by atoms with E-state index in [1.807, 2.05) is 40.1 Å². The molecule has 4 aliphatic rings. The Morgan fingerprint density at radius 1 is 0.900 bits per heavy atom. The largest absolute Gasteiger partial charge is 0.492 e. The van der Waals surface area contributed by atoms with Gasteiger partial charge < -0.3 is 19.4 Å². The van der Waals surface area contributed by atoms with Crippen molar-refractivity contribution in [2.75, 3.05) is 49.6 Å². The molecule has 3 aromatic rings. The summed E-state index contributed by atoms with van der Waals surface area (Å²) in [6, 6.07) is 18.7. The summed E-state index contributed by atoms with van der Waals surface area (Å²) in [6.45, 7) is 6.49. The van der Waals surface area contributed by atoms with Gasteiger partial charge in [0.05, 0.1) is 6.61 Å². The second-order valence-corrected chi connectivity index (χ2v) is 12.1. The van der Waals surface area contributed by atoms with Gasteiger partial charge in [0.2, 0.25) is 5.91 Å². The first-order valence-electron chi connectivity index (χ1n) is 14.7. The molecule has 0 N–H and O–H groups in total. The van der Waals surface area contributed by atoms with Crippen LogP contribution in [-0.4, -0.2) is 56.5 Å². The molecule has 4 aliphatic heterocycles. The van der Waals surface area contributed by atoms with E-state index in [1.54, 1.807) is 0 Å². The van der Waals surface area contributed by atoms with Gasteiger partial charge in [0.15, 0.2) is 0 Å². The van der Waals surface area contributed by atoms with Crippen LogP contribution in [0.5, 0.6) is 5.75 Å². The Labute approximate surface area is 236 Å². The van der Waals surface area contributed by atoms with E-state index in [-0.39, 0.29) is 17.2 Å². The van der Waals surface area contributed by atoms with Crippen LogP contribution in [0.25, 0.3) is 11.1 Å². The lowest BCUT2D eigenvalue weighted by atomic mass is 9.74. The average Bonchev–Trinajstić information content (AvgIpc) is 3.55. The topological polar surface area (TPSA) is 53.1 Å². The molecule has 1 spiro atoms. The van der Waals surface area contributed by atoms with Crippen molar-refractivity contribution < 1.29 is 14.3 Å². The fourth-order valence-electron chi connectivity index (χ4n) is 7.08. The third-order valence-corrected chi connectivity index (χ3v) is 9.63. The first kappa shape index (κ1) is 25.3. The number of carbonyl (C=O) groups is 2. The molecule has 0 atom stereocenters. The second-order valence-electron chi connectivity index (χ2n) is 12.1. The number of aryl methyl sites for hydroxylation is 1. The summed E-state index contributed by atoms with van der Waals surface area (Å²) >= 11 is 0. The molecule has 3 aromatic carbocycles. The number of hydrogen-bond acceptors (Lipinski definition) is 4. The zero-order valence-corrected chi connectivity index (χ0v) is 23.5. The predicted molar refractivity (Wildman–Crippen MR) is 159 cm³/mol. The Morgan fingerprint density at radius 2 is 1.70 bits per heavy atom. The number of fused-ring (bicyclic) bond motifs is 3. The predicted octanol–water partition coefficient (Wildman–Crippen LogP) is 5.74. The molecular weight excluding hydrogens is 498 g/mol. The number of carbonyl (C=O) groups excluding carboxylic acids is 2. The molecule has 0 unspecified atom stereocenters. The van der Waals surface area contributed by atoms with Crippen LogP contribution in [0.2, 0.25) is 0 Å². The molecule has 6 heteroatoms. The molecule has 0 saturated carbocycles. The minimum absolute atomic E-state index is 0.0530. The summed E-state index contributed by atoms with van der Waals surface area (Å²) in [7, 11) is 2.19. The zero-order chi connectivity index (χ0) is 27.4. The number of anilines is 2. The van der Waals surface area contributed by atoms with Crippen molar-refractivity contribution >= 4 is 23.2 Å². The Bertz CT molecular complexity index is 1490. The van der Waals surface area contributed by atoms with Gasteiger partial charge in [-0.2, -0.15) is 0 Å². The standard InChI is InChI=1S/C34H37N3O3/c1-23-19-27(36-15-4-3-5-32(36)38)10-11-28(23)24-6-8-25(9-7-24)33(39)37-16-12-26-20-31-29(21-30(26)37)34(22-40-31)13-17-35(2)18-14-34/h6-11,19-21H,3-5,12-18,22H2,1-2H3. The summed E-state index contributed by atoms with van der Waals surface area (Å²) in [5, 5.41) is 0. The Kier molecular flexibility index (Phi) is 6.19. The third kappa shape index (κ3) is 4.21. The quantitative estimate of drug-likeness (QED) is 0.429. The molecule has 2 amide bonds. The Hall–Kier alpha value is -3.64. The number of likely N-dealkylation sites (tertiary alicyclic amines) is 1. The normalized spacial score (nSPS) is 20.0. The zero-order valence-electron chi connectivity index (χ0n) is 23.5. The van der Waals surface area contributed by atoms with Crippen LogP contribution < -0.4 is 14.5 Å². The van der Waals surface area contributed by atoms with Gasteiger partial charge in [0.25, 0.3) is 5.91 Å². The van der Waals surface area contributed by atoms with Gasteiger partial charge in [0.1, 0.15) is 5.75 Å². The fourth-order valence-corrected chi connectivity index (χ4v) is 7.08. The molecule has 0 aliphatic carbocycles. The molecule has 2 fully saturated rings. The molecular formula is C34H37N3O3. The van der Waals surface area contributed by atoms with Crippen molar-refractivity contribution in [3.05, 3.63) is 76.9 Å². The first-order valence-corrected chi connectivity index (χ1v) is 14.7. The number of piperidine rings is 2. The van der Waals surface area contributed by atoms with E-state index in [4.69, 9.17) is 4.74 Å². The highest BCUT2D eigenvalue weighted by atomic mass is 16.5. The van der Waals surface area contributed by atoms with Crippen molar-refractivity contribution in [3.63, 3.8) is 0 Å². The monoisotopic (exact) mass is 535 g/mol. The maximum absolute atomic E-state index is 13.7. The fraction of sp³-hybridized carbons (Fsp3) is 0.412. The molecule has 6 nitrogen and oxygen atoms in total. The van der Waals surface area contributed by atoms with Gasteiger partial charge in [-0.3, -0.25) is 9.59 Å². The molecule has 7 rings (SSSR count). The van der Waals surface area contributed by atoms with Crippen LogP contribution in [0.4, 0.5) is 11.4 Å².